The number of amides is 1. The highest BCUT2D eigenvalue weighted by Crippen LogP contribution is 2.18. The highest BCUT2D eigenvalue weighted by molar-refractivity contribution is 6.62. The topological polar surface area (TPSA) is 66.0 Å². The summed E-state index contributed by atoms with van der Waals surface area (Å²) < 4.78 is 22.2. The molecule has 19 heavy (non-hydrogen) atoms. The lowest BCUT2D eigenvalue weighted by molar-refractivity contribution is 0.0556. The molecule has 0 aromatic carbocycles. The van der Waals surface area contributed by atoms with E-state index in [2.05, 4.69) is 5.32 Å². The molecule has 0 aromatic rings. The Hall–Kier alpha value is -0.633. The van der Waals surface area contributed by atoms with Gasteiger partial charge in [0.1, 0.15) is 5.67 Å². The first-order valence-electron chi connectivity index (χ1n) is 6.95. The summed E-state index contributed by atoms with van der Waals surface area (Å²) in [5, 5.41) is 2.79. The first-order chi connectivity index (χ1) is 9.10. The molecule has 0 aliphatic heterocycles. The number of carbonyl (C=O) groups excluding carboxylic acids is 1. The van der Waals surface area contributed by atoms with Crippen LogP contribution in [0.4, 0.5) is 4.79 Å². The van der Waals surface area contributed by atoms with Crippen LogP contribution in [-0.4, -0.2) is 47.0 Å². The fraction of sp³-hybridized carbons (Fsp3) is 0.917. The Bertz CT molecular complexity index is 235. The van der Waals surface area contributed by atoms with E-state index in [0.29, 0.717) is 32.8 Å². The molecule has 0 bridgehead atoms. The minimum absolute atomic E-state index is 0.300. The maximum Gasteiger partial charge on any atom is 0.524 e. The number of hydrogen-bond donors (Lipinski definition) is 1. The lowest BCUT2D eigenvalue weighted by Crippen LogP contribution is -2.62. The van der Waals surface area contributed by atoms with Gasteiger partial charge in [0.05, 0.1) is 6.61 Å². The maximum absolute atomic E-state index is 11.6. The summed E-state index contributed by atoms with van der Waals surface area (Å²) in [7, 11) is -2.93. The largest absolute Gasteiger partial charge is 0.524 e. The standard InChI is InChI=1S/C12H27NO5Si/c1-6-11(13-12(14)15-7-2)19(16-8-3,17-9-4)18-10-5/h11H,6-10H2,1-5H3,(H,13,14). The third-order valence-corrected chi connectivity index (χ3v) is 5.92. The Morgan fingerprint density at radius 3 is 1.74 bits per heavy atom. The van der Waals surface area contributed by atoms with Crippen molar-refractivity contribution < 1.29 is 22.8 Å². The van der Waals surface area contributed by atoms with Gasteiger partial charge < -0.3 is 23.3 Å². The monoisotopic (exact) mass is 293 g/mol. The molecule has 0 fully saturated rings. The summed E-state index contributed by atoms with van der Waals surface area (Å²) in [5.74, 6) is 0. The zero-order valence-electron chi connectivity index (χ0n) is 12.7. The first-order valence-corrected chi connectivity index (χ1v) is 8.75. The number of ether oxygens (including phenoxy) is 1. The van der Waals surface area contributed by atoms with Crippen molar-refractivity contribution in [1.29, 1.82) is 0 Å². The van der Waals surface area contributed by atoms with Crippen molar-refractivity contribution in [1.82, 2.24) is 5.32 Å². The van der Waals surface area contributed by atoms with Gasteiger partial charge in [-0.25, -0.2) is 4.79 Å². The fourth-order valence-corrected chi connectivity index (χ4v) is 4.64. The quantitative estimate of drug-likeness (QED) is 0.625. The highest BCUT2D eigenvalue weighted by atomic mass is 28.4. The van der Waals surface area contributed by atoms with Crippen LogP contribution < -0.4 is 5.32 Å². The number of rotatable bonds is 10. The molecular formula is C12H27NO5Si. The summed E-state index contributed by atoms with van der Waals surface area (Å²) in [6.45, 7) is 11.1. The fourth-order valence-electron chi connectivity index (χ4n) is 1.79. The van der Waals surface area contributed by atoms with E-state index in [9.17, 15) is 4.79 Å². The predicted octanol–water partition coefficient (Wildman–Crippen LogP) is 2.10. The molecule has 7 heteroatoms. The Morgan fingerprint density at radius 2 is 1.42 bits per heavy atom. The van der Waals surface area contributed by atoms with Gasteiger partial charge in [0.2, 0.25) is 0 Å². The van der Waals surface area contributed by atoms with Crippen molar-refractivity contribution in [3.05, 3.63) is 0 Å². The van der Waals surface area contributed by atoms with E-state index in [1.807, 2.05) is 27.7 Å². The Balaban J connectivity index is 4.96. The molecule has 0 saturated carbocycles. The van der Waals surface area contributed by atoms with Crippen LogP contribution in [0, 0.1) is 0 Å². The van der Waals surface area contributed by atoms with Gasteiger partial charge in [-0.1, -0.05) is 6.92 Å². The van der Waals surface area contributed by atoms with Crippen molar-refractivity contribution >= 4 is 14.9 Å². The van der Waals surface area contributed by atoms with E-state index in [4.69, 9.17) is 18.0 Å². The number of carbonyl (C=O) groups is 1. The summed E-state index contributed by atoms with van der Waals surface area (Å²) >= 11 is 0. The molecule has 114 valence electrons. The van der Waals surface area contributed by atoms with Gasteiger partial charge in [0.25, 0.3) is 0 Å². The smallest absolute Gasteiger partial charge is 0.450 e. The van der Waals surface area contributed by atoms with Crippen LogP contribution in [0.1, 0.15) is 41.0 Å². The predicted molar refractivity (Wildman–Crippen MR) is 74.9 cm³/mol. The molecule has 0 radical (unpaired) electrons. The van der Waals surface area contributed by atoms with Crippen molar-refractivity contribution in [2.75, 3.05) is 26.4 Å². The molecule has 1 unspecified atom stereocenters. The molecule has 0 saturated heterocycles. The normalized spacial score (nSPS) is 13.1. The summed E-state index contributed by atoms with van der Waals surface area (Å²) in [5.41, 5.74) is -0.300. The number of hydrogen-bond acceptors (Lipinski definition) is 5. The van der Waals surface area contributed by atoms with Gasteiger partial charge in [0.15, 0.2) is 0 Å². The molecule has 0 aromatic heterocycles. The van der Waals surface area contributed by atoms with E-state index in [1.165, 1.54) is 0 Å². The third kappa shape index (κ3) is 5.90. The average molecular weight is 293 g/mol. The third-order valence-electron chi connectivity index (χ3n) is 2.44. The Kier molecular flexibility index (Phi) is 9.85. The van der Waals surface area contributed by atoms with Crippen LogP contribution in [0.3, 0.4) is 0 Å². The summed E-state index contributed by atoms with van der Waals surface area (Å²) in [4.78, 5) is 11.6. The van der Waals surface area contributed by atoms with Gasteiger partial charge in [-0.3, -0.25) is 0 Å². The van der Waals surface area contributed by atoms with E-state index >= 15 is 0 Å². The zero-order chi connectivity index (χ0) is 14.7. The van der Waals surface area contributed by atoms with Gasteiger partial charge in [-0.2, -0.15) is 0 Å². The minimum Gasteiger partial charge on any atom is -0.450 e. The van der Waals surface area contributed by atoms with Crippen LogP contribution in [0.2, 0.25) is 0 Å². The van der Waals surface area contributed by atoms with Crippen molar-refractivity contribution in [2.45, 2.75) is 46.7 Å². The number of alkyl carbamates (subject to hydrolysis) is 1. The van der Waals surface area contributed by atoms with Crippen molar-refractivity contribution in [3.63, 3.8) is 0 Å². The molecule has 1 atom stereocenters. The van der Waals surface area contributed by atoms with Crippen LogP contribution in [-0.2, 0) is 18.0 Å². The number of nitrogens with one attached hydrogen (secondary N) is 1. The van der Waals surface area contributed by atoms with Crippen LogP contribution in [0.15, 0.2) is 0 Å². The molecule has 0 spiro atoms. The van der Waals surface area contributed by atoms with Gasteiger partial charge in [0, 0.05) is 19.8 Å². The van der Waals surface area contributed by atoms with E-state index in [1.54, 1.807) is 6.92 Å². The lowest BCUT2D eigenvalue weighted by atomic mass is 10.5. The zero-order valence-corrected chi connectivity index (χ0v) is 13.7. The van der Waals surface area contributed by atoms with Crippen molar-refractivity contribution in [3.8, 4) is 0 Å². The highest BCUT2D eigenvalue weighted by Gasteiger charge is 2.49. The summed E-state index contributed by atoms with van der Waals surface area (Å²) in [6, 6.07) is 0. The molecule has 0 heterocycles. The average Bonchev–Trinajstić information content (AvgIpc) is 2.37. The van der Waals surface area contributed by atoms with Crippen LogP contribution in [0.25, 0.3) is 0 Å². The van der Waals surface area contributed by atoms with Gasteiger partial charge in [-0.15, -0.1) is 0 Å². The Labute approximate surface area is 117 Å². The van der Waals surface area contributed by atoms with Gasteiger partial charge in [-0.05, 0) is 34.1 Å². The lowest BCUT2D eigenvalue weighted by Gasteiger charge is -2.34. The second-order valence-electron chi connectivity index (χ2n) is 3.73. The van der Waals surface area contributed by atoms with Crippen LogP contribution >= 0.6 is 0 Å². The maximum atomic E-state index is 11.6. The molecule has 0 rings (SSSR count). The minimum atomic E-state index is -2.93. The second kappa shape index (κ2) is 10.2. The SMILES string of the molecule is CCOC(=O)NC(CC)[Si](OCC)(OCC)OCC. The van der Waals surface area contributed by atoms with E-state index in [-0.39, 0.29) is 5.67 Å². The molecule has 6 nitrogen and oxygen atoms in total. The molecule has 0 aliphatic rings. The van der Waals surface area contributed by atoms with Crippen molar-refractivity contribution in [2.24, 2.45) is 0 Å². The van der Waals surface area contributed by atoms with Crippen LogP contribution in [0.5, 0.6) is 0 Å². The second-order valence-corrected chi connectivity index (χ2v) is 6.50. The molecule has 1 amide bonds. The molecular weight excluding hydrogens is 266 g/mol. The van der Waals surface area contributed by atoms with E-state index < -0.39 is 14.9 Å². The molecule has 1 N–H and O–H groups in total. The van der Waals surface area contributed by atoms with Gasteiger partial charge >= 0.3 is 14.9 Å². The first kappa shape index (κ1) is 18.4. The Morgan fingerprint density at radius 1 is 0.947 bits per heavy atom. The molecule has 0 aliphatic carbocycles. The van der Waals surface area contributed by atoms with E-state index in [0.717, 1.165) is 0 Å². The summed E-state index contributed by atoms with van der Waals surface area (Å²) in [6.07, 6.45) is 0.190.